The highest BCUT2D eigenvalue weighted by Gasteiger charge is 2.36. The summed E-state index contributed by atoms with van der Waals surface area (Å²) in [6, 6.07) is 67.1. The van der Waals surface area contributed by atoms with E-state index in [1.165, 1.54) is 22.3 Å². The van der Waals surface area contributed by atoms with Crippen LogP contribution in [0.25, 0.3) is 99.2 Å². The lowest BCUT2D eigenvalue weighted by atomic mass is 9.82. The van der Waals surface area contributed by atoms with Crippen molar-refractivity contribution in [2.45, 2.75) is 19.3 Å². The van der Waals surface area contributed by atoms with Gasteiger partial charge in [0.2, 0.25) is 0 Å². The molecular weight excluding hydrogens is 747 g/mol. The van der Waals surface area contributed by atoms with E-state index in [2.05, 4.69) is 183 Å². The lowest BCUT2D eigenvalue weighted by Crippen LogP contribution is -2.16. The Balaban J connectivity index is 0.955. The Labute approximate surface area is 351 Å². The summed E-state index contributed by atoms with van der Waals surface area (Å²) in [5, 5.41) is 6.48. The standard InChI is InChI=1S/C57H37NO3/c1-57(2)48-16-8-6-13-41(48)42-26-24-38(30-49(42)57)58(37-22-19-34(20-23-37)36-21-28-51-45(29-36)43-14-7-9-17-50(43)59-51)39-25-27-44-46-32-55-47(33-54(46)61-53(44)31-39)56-40(15-10-18-52(56)60-55)35-11-4-3-5-12-35/h3-33H,1-2H3. The third kappa shape index (κ3) is 5.06. The van der Waals surface area contributed by atoms with Gasteiger partial charge in [0.05, 0.1) is 0 Å². The van der Waals surface area contributed by atoms with Gasteiger partial charge >= 0.3 is 0 Å². The van der Waals surface area contributed by atoms with Gasteiger partial charge in [0.25, 0.3) is 0 Å². The Morgan fingerprint density at radius 3 is 1.82 bits per heavy atom. The average Bonchev–Trinajstić information content (AvgIpc) is 4.03. The summed E-state index contributed by atoms with van der Waals surface area (Å²) in [5.74, 6) is 0. The van der Waals surface area contributed by atoms with Crippen LogP contribution in [-0.4, -0.2) is 0 Å². The maximum absolute atomic E-state index is 6.80. The second kappa shape index (κ2) is 12.6. The molecule has 0 unspecified atom stereocenters. The number of hydrogen-bond donors (Lipinski definition) is 0. The smallest absolute Gasteiger partial charge is 0.137 e. The number of benzene rings is 9. The normalized spacial score (nSPS) is 13.2. The van der Waals surface area contributed by atoms with E-state index in [1.807, 2.05) is 24.3 Å². The van der Waals surface area contributed by atoms with Crippen molar-refractivity contribution >= 4 is 82.9 Å². The van der Waals surface area contributed by atoms with Crippen LogP contribution in [0.15, 0.2) is 201 Å². The maximum atomic E-state index is 6.80. The van der Waals surface area contributed by atoms with Gasteiger partial charge in [-0.3, -0.25) is 0 Å². The summed E-state index contributed by atoms with van der Waals surface area (Å²) in [5.41, 5.74) is 18.1. The summed E-state index contributed by atoms with van der Waals surface area (Å²) in [4.78, 5) is 2.36. The summed E-state index contributed by atoms with van der Waals surface area (Å²) in [7, 11) is 0. The Morgan fingerprint density at radius 1 is 0.328 bits per heavy atom. The van der Waals surface area contributed by atoms with Gasteiger partial charge in [-0.1, -0.05) is 123 Å². The van der Waals surface area contributed by atoms with Gasteiger partial charge in [0.15, 0.2) is 0 Å². The summed E-state index contributed by atoms with van der Waals surface area (Å²) in [6.07, 6.45) is 0. The number of furan rings is 3. The molecule has 0 N–H and O–H groups in total. The minimum atomic E-state index is -0.141. The Morgan fingerprint density at radius 2 is 0.918 bits per heavy atom. The molecule has 3 heterocycles. The molecule has 0 saturated carbocycles. The van der Waals surface area contributed by atoms with Crippen LogP contribution in [0.4, 0.5) is 17.1 Å². The van der Waals surface area contributed by atoms with Crippen molar-refractivity contribution in [3.05, 3.63) is 199 Å². The topological polar surface area (TPSA) is 42.7 Å². The molecule has 1 aliphatic carbocycles. The number of anilines is 3. The lowest BCUT2D eigenvalue weighted by Gasteiger charge is -2.28. The molecule has 0 saturated heterocycles. The van der Waals surface area contributed by atoms with E-state index in [0.29, 0.717) is 0 Å². The van der Waals surface area contributed by atoms with Crippen molar-refractivity contribution in [2.24, 2.45) is 0 Å². The molecule has 0 radical (unpaired) electrons. The van der Waals surface area contributed by atoms with Gasteiger partial charge < -0.3 is 18.2 Å². The number of nitrogens with zero attached hydrogens (tertiary/aromatic N) is 1. The van der Waals surface area contributed by atoms with Crippen LogP contribution < -0.4 is 4.90 Å². The fourth-order valence-electron chi connectivity index (χ4n) is 10.1. The van der Waals surface area contributed by atoms with Crippen molar-refractivity contribution in [2.75, 3.05) is 4.90 Å². The van der Waals surface area contributed by atoms with E-state index in [9.17, 15) is 0 Å². The monoisotopic (exact) mass is 783 g/mol. The summed E-state index contributed by atoms with van der Waals surface area (Å²) >= 11 is 0. The zero-order chi connectivity index (χ0) is 40.4. The van der Waals surface area contributed by atoms with Gasteiger partial charge in [-0.25, -0.2) is 0 Å². The largest absolute Gasteiger partial charge is 0.456 e. The molecule has 9 aromatic carbocycles. The molecule has 1 aliphatic rings. The molecule has 12 aromatic rings. The number of fused-ring (bicyclic) bond motifs is 12. The molecule has 0 aliphatic heterocycles. The van der Waals surface area contributed by atoms with E-state index >= 15 is 0 Å². The first kappa shape index (κ1) is 34.1. The fraction of sp³-hybridized carbons (Fsp3) is 0.0526. The first-order valence-corrected chi connectivity index (χ1v) is 20.9. The Kier molecular flexibility index (Phi) is 7.04. The Bertz CT molecular complexity index is 3730. The molecule has 0 bridgehead atoms. The number of rotatable bonds is 5. The van der Waals surface area contributed by atoms with Crippen LogP contribution in [-0.2, 0) is 5.41 Å². The minimum Gasteiger partial charge on any atom is -0.456 e. The third-order valence-corrected chi connectivity index (χ3v) is 13.1. The van der Waals surface area contributed by atoms with Crippen LogP contribution in [0, 0.1) is 0 Å². The maximum Gasteiger partial charge on any atom is 0.137 e. The van der Waals surface area contributed by atoms with Gasteiger partial charge in [-0.05, 0) is 117 Å². The van der Waals surface area contributed by atoms with Crippen LogP contribution in [0.5, 0.6) is 0 Å². The van der Waals surface area contributed by atoms with Gasteiger partial charge in [0.1, 0.15) is 33.5 Å². The van der Waals surface area contributed by atoms with E-state index in [-0.39, 0.29) is 5.41 Å². The van der Waals surface area contributed by atoms with Crippen LogP contribution in [0.1, 0.15) is 25.0 Å². The van der Waals surface area contributed by atoms with Gasteiger partial charge in [0, 0.05) is 60.9 Å². The molecular formula is C57H37NO3. The molecule has 4 nitrogen and oxygen atoms in total. The summed E-state index contributed by atoms with van der Waals surface area (Å²) < 4.78 is 19.5. The van der Waals surface area contributed by atoms with Gasteiger partial charge in [-0.15, -0.1) is 0 Å². The molecule has 3 aromatic heterocycles. The molecule has 0 spiro atoms. The van der Waals surface area contributed by atoms with E-state index in [4.69, 9.17) is 13.3 Å². The highest BCUT2D eigenvalue weighted by atomic mass is 16.3. The molecule has 61 heavy (non-hydrogen) atoms. The molecule has 0 fully saturated rings. The molecule has 0 atom stereocenters. The second-order valence-corrected chi connectivity index (χ2v) is 16.9. The van der Waals surface area contributed by atoms with Crippen molar-refractivity contribution in [3.8, 4) is 33.4 Å². The predicted molar refractivity (Wildman–Crippen MR) is 251 cm³/mol. The molecule has 13 rings (SSSR count). The van der Waals surface area contributed by atoms with Gasteiger partial charge in [-0.2, -0.15) is 0 Å². The molecule has 4 heteroatoms. The summed E-state index contributed by atoms with van der Waals surface area (Å²) in [6.45, 7) is 4.67. The Hall–Kier alpha value is -7.82. The average molecular weight is 784 g/mol. The van der Waals surface area contributed by atoms with Crippen LogP contribution in [0.3, 0.4) is 0 Å². The van der Waals surface area contributed by atoms with E-state index in [0.717, 1.165) is 105 Å². The van der Waals surface area contributed by atoms with Crippen molar-refractivity contribution < 1.29 is 13.3 Å². The van der Waals surface area contributed by atoms with E-state index in [1.54, 1.807) is 0 Å². The van der Waals surface area contributed by atoms with E-state index < -0.39 is 0 Å². The number of hydrogen-bond acceptors (Lipinski definition) is 4. The van der Waals surface area contributed by atoms with Crippen LogP contribution in [0.2, 0.25) is 0 Å². The highest BCUT2D eigenvalue weighted by Crippen LogP contribution is 2.51. The first-order chi connectivity index (χ1) is 30.0. The zero-order valence-corrected chi connectivity index (χ0v) is 33.6. The highest BCUT2D eigenvalue weighted by molar-refractivity contribution is 6.18. The van der Waals surface area contributed by atoms with Crippen molar-refractivity contribution in [1.82, 2.24) is 0 Å². The van der Waals surface area contributed by atoms with Crippen LogP contribution >= 0.6 is 0 Å². The number of para-hydroxylation sites is 1. The lowest BCUT2D eigenvalue weighted by molar-refractivity contribution is 0.660. The third-order valence-electron chi connectivity index (χ3n) is 13.1. The second-order valence-electron chi connectivity index (χ2n) is 16.9. The van der Waals surface area contributed by atoms with Crippen molar-refractivity contribution in [3.63, 3.8) is 0 Å². The van der Waals surface area contributed by atoms with Crippen molar-refractivity contribution in [1.29, 1.82) is 0 Å². The quantitative estimate of drug-likeness (QED) is 0.174. The zero-order valence-electron chi connectivity index (χ0n) is 33.6. The first-order valence-electron chi connectivity index (χ1n) is 20.9. The minimum absolute atomic E-state index is 0.141. The fourth-order valence-corrected chi connectivity index (χ4v) is 10.1. The predicted octanol–water partition coefficient (Wildman–Crippen LogP) is 16.5. The molecule has 0 amide bonds. The SMILES string of the molecule is CC1(C)c2ccccc2-c2ccc(N(c3ccc(-c4ccc5oc6ccccc6c5c4)cc3)c3ccc4c(c3)oc3cc5c(cc34)oc3cccc(-c4ccccc4)c35)cc21. The molecule has 288 valence electrons.